The van der Waals surface area contributed by atoms with Crippen LogP contribution in [0.2, 0.25) is 0 Å². The van der Waals surface area contributed by atoms with E-state index in [-0.39, 0.29) is 36.4 Å². The Kier molecular flexibility index (Phi) is 8.24. The normalized spacial score (nSPS) is 15.7. The number of methoxy groups -OCH3 is 1. The number of amides is 2. The van der Waals surface area contributed by atoms with Gasteiger partial charge in [0.05, 0.1) is 30.1 Å². The van der Waals surface area contributed by atoms with Crippen molar-refractivity contribution in [3.63, 3.8) is 0 Å². The zero-order valence-corrected chi connectivity index (χ0v) is 22.6. The molecule has 1 unspecified atom stereocenters. The number of hydrogen-bond acceptors (Lipinski definition) is 7. The second-order valence-corrected chi connectivity index (χ2v) is 10.1. The van der Waals surface area contributed by atoms with E-state index in [1.807, 2.05) is 13.8 Å². The first kappa shape index (κ1) is 28.1. The van der Waals surface area contributed by atoms with Crippen molar-refractivity contribution in [1.82, 2.24) is 9.99 Å². The first-order chi connectivity index (χ1) is 18.5. The fourth-order valence-electron chi connectivity index (χ4n) is 4.33. The number of alkyl halides is 3. The third kappa shape index (κ3) is 6.56. The third-order valence-corrected chi connectivity index (χ3v) is 7.27. The van der Waals surface area contributed by atoms with Crippen LogP contribution in [-0.4, -0.2) is 41.0 Å². The number of carbonyl (C=O) groups excluding carboxylic acids is 2. The standard InChI is InChI=1S/C27H27F3N4O4S/c1-5-17-13-23(35)34(33-24(17)18-10-11-21(22(12-18)37-4)38-27(28,29)30)14-19-8-6-7-9-20(19)32-26(36)25-15(2)31-16(3)39-25/h6-12,17H,5,13-14H2,1-4H3,(H,32,36). The number of rotatable bonds is 8. The summed E-state index contributed by atoms with van der Waals surface area (Å²) in [5.41, 5.74) is 2.91. The second kappa shape index (κ2) is 11.4. The molecule has 1 atom stereocenters. The fourth-order valence-corrected chi connectivity index (χ4v) is 5.15. The Bertz CT molecular complexity index is 1420. The lowest BCUT2D eigenvalue weighted by Gasteiger charge is -2.30. The van der Waals surface area contributed by atoms with Gasteiger partial charge in [0, 0.05) is 23.6 Å². The number of anilines is 1. The van der Waals surface area contributed by atoms with Gasteiger partial charge < -0.3 is 14.8 Å². The van der Waals surface area contributed by atoms with E-state index in [9.17, 15) is 22.8 Å². The van der Waals surface area contributed by atoms with Gasteiger partial charge in [-0.05, 0) is 50.1 Å². The highest BCUT2D eigenvalue weighted by molar-refractivity contribution is 7.13. The molecule has 2 aromatic carbocycles. The minimum absolute atomic E-state index is 0.0856. The number of halogens is 3. The molecule has 1 aromatic heterocycles. The Hall–Kier alpha value is -3.93. The lowest BCUT2D eigenvalue weighted by molar-refractivity contribution is -0.275. The van der Waals surface area contributed by atoms with Gasteiger partial charge in [0.15, 0.2) is 11.5 Å². The molecule has 8 nitrogen and oxygen atoms in total. The van der Waals surface area contributed by atoms with E-state index in [4.69, 9.17) is 4.74 Å². The summed E-state index contributed by atoms with van der Waals surface area (Å²) in [6.45, 7) is 5.60. The molecule has 2 amide bonds. The van der Waals surface area contributed by atoms with Crippen LogP contribution < -0.4 is 14.8 Å². The van der Waals surface area contributed by atoms with E-state index < -0.39 is 12.1 Å². The van der Waals surface area contributed by atoms with E-state index in [0.29, 0.717) is 39.5 Å². The molecule has 0 radical (unpaired) electrons. The number of benzene rings is 2. The number of hydrogen-bond donors (Lipinski definition) is 1. The van der Waals surface area contributed by atoms with Crippen molar-refractivity contribution < 1.29 is 32.2 Å². The van der Waals surface area contributed by atoms with Gasteiger partial charge in [-0.1, -0.05) is 25.1 Å². The minimum atomic E-state index is -4.87. The molecule has 0 fully saturated rings. The average Bonchev–Trinajstić information content (AvgIpc) is 3.23. The Morgan fingerprint density at radius 1 is 1.18 bits per heavy atom. The highest BCUT2D eigenvalue weighted by Gasteiger charge is 2.34. The van der Waals surface area contributed by atoms with Gasteiger partial charge in [-0.2, -0.15) is 5.10 Å². The maximum atomic E-state index is 13.0. The maximum Gasteiger partial charge on any atom is 0.573 e. The number of hydrazone groups is 1. The predicted molar refractivity (Wildman–Crippen MR) is 141 cm³/mol. The van der Waals surface area contributed by atoms with Crippen LogP contribution in [0, 0.1) is 19.8 Å². The van der Waals surface area contributed by atoms with Crippen molar-refractivity contribution >= 4 is 34.6 Å². The van der Waals surface area contributed by atoms with Gasteiger partial charge in [-0.25, -0.2) is 9.99 Å². The number of carbonyl (C=O) groups is 2. The van der Waals surface area contributed by atoms with Crippen LogP contribution in [0.25, 0.3) is 0 Å². The van der Waals surface area contributed by atoms with Crippen LogP contribution in [0.5, 0.6) is 11.5 Å². The van der Waals surface area contributed by atoms with Gasteiger partial charge in [-0.15, -0.1) is 24.5 Å². The van der Waals surface area contributed by atoms with Crippen molar-refractivity contribution in [2.24, 2.45) is 11.0 Å². The SMILES string of the molecule is CCC1CC(=O)N(Cc2ccccc2NC(=O)c2sc(C)nc2C)N=C1c1ccc(OC(F)(F)F)c(OC)c1. The van der Waals surface area contributed by atoms with Crippen LogP contribution >= 0.6 is 11.3 Å². The molecular weight excluding hydrogens is 533 g/mol. The van der Waals surface area contributed by atoms with Gasteiger partial charge >= 0.3 is 6.36 Å². The molecule has 3 aromatic rings. The van der Waals surface area contributed by atoms with Gasteiger partial charge in [0.25, 0.3) is 5.91 Å². The summed E-state index contributed by atoms with van der Waals surface area (Å²) in [6.07, 6.45) is -4.10. The summed E-state index contributed by atoms with van der Waals surface area (Å²) in [5.74, 6) is -1.31. The predicted octanol–water partition coefficient (Wildman–Crippen LogP) is 6.08. The Morgan fingerprint density at radius 2 is 1.92 bits per heavy atom. The highest BCUT2D eigenvalue weighted by atomic mass is 32.1. The summed E-state index contributed by atoms with van der Waals surface area (Å²) in [4.78, 5) is 30.8. The van der Waals surface area contributed by atoms with Crippen LogP contribution in [0.3, 0.4) is 0 Å². The van der Waals surface area contributed by atoms with Crippen molar-refractivity contribution in [2.45, 2.75) is 46.5 Å². The van der Waals surface area contributed by atoms with Crippen LogP contribution in [-0.2, 0) is 11.3 Å². The molecule has 0 saturated heterocycles. The van der Waals surface area contributed by atoms with E-state index >= 15 is 0 Å². The Morgan fingerprint density at radius 3 is 2.56 bits per heavy atom. The first-order valence-electron chi connectivity index (χ1n) is 12.1. The van der Waals surface area contributed by atoms with Crippen LogP contribution in [0.15, 0.2) is 47.6 Å². The van der Waals surface area contributed by atoms with E-state index in [2.05, 4.69) is 20.1 Å². The number of ether oxygens (including phenoxy) is 2. The van der Waals surface area contributed by atoms with E-state index in [1.54, 1.807) is 31.2 Å². The van der Waals surface area contributed by atoms with Crippen molar-refractivity contribution in [2.75, 3.05) is 12.4 Å². The van der Waals surface area contributed by atoms with E-state index in [0.717, 1.165) is 5.01 Å². The smallest absolute Gasteiger partial charge is 0.493 e. The largest absolute Gasteiger partial charge is 0.573 e. The second-order valence-electron chi connectivity index (χ2n) is 8.92. The Labute approximate surface area is 227 Å². The molecule has 1 aliphatic heterocycles. The van der Waals surface area contributed by atoms with Gasteiger partial charge in [0.2, 0.25) is 5.91 Å². The lowest BCUT2D eigenvalue weighted by Crippen LogP contribution is -2.37. The number of nitrogens with zero attached hydrogens (tertiary/aromatic N) is 3. The minimum Gasteiger partial charge on any atom is -0.493 e. The molecule has 39 heavy (non-hydrogen) atoms. The summed E-state index contributed by atoms with van der Waals surface area (Å²) < 4.78 is 47.5. The first-order valence-corrected chi connectivity index (χ1v) is 13.0. The molecule has 0 aliphatic carbocycles. The lowest BCUT2D eigenvalue weighted by atomic mass is 9.89. The summed E-state index contributed by atoms with van der Waals surface area (Å²) >= 11 is 1.30. The van der Waals surface area contributed by atoms with Crippen molar-refractivity contribution in [3.8, 4) is 11.5 Å². The molecule has 0 saturated carbocycles. The molecule has 206 valence electrons. The van der Waals surface area contributed by atoms with Gasteiger partial charge in [-0.3, -0.25) is 9.59 Å². The fraction of sp³-hybridized carbons (Fsp3) is 0.333. The molecule has 1 N–H and O–H groups in total. The summed E-state index contributed by atoms with van der Waals surface area (Å²) in [5, 5.41) is 9.63. The van der Waals surface area contributed by atoms with Gasteiger partial charge in [0.1, 0.15) is 4.88 Å². The third-order valence-electron chi connectivity index (χ3n) is 6.20. The number of nitrogens with one attached hydrogen (secondary N) is 1. The van der Waals surface area contributed by atoms with Crippen LogP contribution in [0.1, 0.15) is 51.3 Å². The number of aryl methyl sites for hydroxylation is 2. The summed E-state index contributed by atoms with van der Waals surface area (Å²) in [6, 6.07) is 11.2. The molecular formula is C27H27F3N4O4S. The van der Waals surface area contributed by atoms with E-state index in [1.165, 1.54) is 41.7 Å². The monoisotopic (exact) mass is 560 g/mol. The molecule has 12 heteroatoms. The molecule has 0 bridgehead atoms. The number of thiazole rings is 1. The maximum absolute atomic E-state index is 13.0. The Balaban J connectivity index is 1.63. The zero-order valence-electron chi connectivity index (χ0n) is 21.8. The topological polar surface area (TPSA) is 93.1 Å². The number of aromatic nitrogens is 1. The molecule has 2 heterocycles. The van der Waals surface area contributed by atoms with Crippen LogP contribution in [0.4, 0.5) is 18.9 Å². The molecule has 4 rings (SSSR count). The average molecular weight is 561 g/mol. The quantitative estimate of drug-likeness (QED) is 0.360. The molecule has 1 aliphatic rings. The highest BCUT2D eigenvalue weighted by Crippen LogP contribution is 2.35. The van der Waals surface area contributed by atoms with Crippen molar-refractivity contribution in [1.29, 1.82) is 0 Å². The van der Waals surface area contributed by atoms with Crippen molar-refractivity contribution in [3.05, 3.63) is 69.2 Å². The zero-order chi connectivity index (χ0) is 28.3. The summed E-state index contributed by atoms with van der Waals surface area (Å²) in [7, 11) is 1.25. The molecule has 0 spiro atoms. The number of para-hydroxylation sites is 1.